The first kappa shape index (κ1) is 15.8. The average Bonchev–Trinajstić information content (AvgIpc) is 2.57. The standard InChI is InChI=1S/C17H25N3OS/c21-16(19-15-4-8-18-9-5-15)17(6-2-1-3-7-17)14-20-10-12-22-13-11-20/h4-5,8-9H,1-3,6-7,10-14H2,(H,18,19,21). The fourth-order valence-electron chi connectivity index (χ4n) is 3.57. The number of hydrogen-bond acceptors (Lipinski definition) is 4. The van der Waals surface area contributed by atoms with Gasteiger partial charge in [0.25, 0.3) is 0 Å². The van der Waals surface area contributed by atoms with Crippen LogP contribution in [0.15, 0.2) is 24.5 Å². The van der Waals surface area contributed by atoms with Crippen LogP contribution in [0.4, 0.5) is 5.69 Å². The van der Waals surface area contributed by atoms with Crippen molar-refractivity contribution in [2.75, 3.05) is 36.5 Å². The van der Waals surface area contributed by atoms with Gasteiger partial charge in [-0.2, -0.15) is 11.8 Å². The number of carbonyl (C=O) groups is 1. The number of carbonyl (C=O) groups excluding carboxylic acids is 1. The van der Waals surface area contributed by atoms with Gasteiger partial charge in [0.15, 0.2) is 0 Å². The summed E-state index contributed by atoms with van der Waals surface area (Å²) in [6, 6.07) is 3.73. The van der Waals surface area contributed by atoms with E-state index in [4.69, 9.17) is 0 Å². The minimum Gasteiger partial charge on any atom is -0.325 e. The fourth-order valence-corrected chi connectivity index (χ4v) is 4.55. The van der Waals surface area contributed by atoms with E-state index >= 15 is 0 Å². The van der Waals surface area contributed by atoms with Gasteiger partial charge in [-0.05, 0) is 25.0 Å². The maximum atomic E-state index is 13.0. The molecule has 1 aliphatic carbocycles. The summed E-state index contributed by atoms with van der Waals surface area (Å²) < 4.78 is 0. The smallest absolute Gasteiger partial charge is 0.231 e. The van der Waals surface area contributed by atoms with Crippen LogP contribution < -0.4 is 5.32 Å². The van der Waals surface area contributed by atoms with Crippen molar-refractivity contribution >= 4 is 23.4 Å². The van der Waals surface area contributed by atoms with E-state index in [1.807, 2.05) is 23.9 Å². The van der Waals surface area contributed by atoms with Gasteiger partial charge in [0, 0.05) is 49.2 Å². The third kappa shape index (κ3) is 3.82. The van der Waals surface area contributed by atoms with Gasteiger partial charge in [0.1, 0.15) is 0 Å². The minimum absolute atomic E-state index is 0.205. The lowest BCUT2D eigenvalue weighted by atomic mass is 9.72. The Hall–Kier alpha value is -1.07. The lowest BCUT2D eigenvalue weighted by molar-refractivity contribution is -0.128. The normalized spacial score (nSPS) is 22.2. The number of hydrogen-bond donors (Lipinski definition) is 1. The van der Waals surface area contributed by atoms with Crippen molar-refractivity contribution in [3.63, 3.8) is 0 Å². The molecule has 0 bridgehead atoms. The first-order valence-electron chi connectivity index (χ1n) is 8.30. The predicted octanol–water partition coefficient (Wildman–Crippen LogP) is 3.02. The van der Waals surface area contributed by atoms with Crippen molar-refractivity contribution < 1.29 is 4.79 Å². The molecule has 1 N–H and O–H groups in total. The lowest BCUT2D eigenvalue weighted by Crippen LogP contribution is -2.49. The molecule has 0 unspecified atom stereocenters. The zero-order valence-corrected chi connectivity index (χ0v) is 13.9. The van der Waals surface area contributed by atoms with Gasteiger partial charge in [0.05, 0.1) is 5.41 Å². The summed E-state index contributed by atoms with van der Waals surface area (Å²) in [6.07, 6.45) is 9.11. The zero-order valence-electron chi connectivity index (χ0n) is 13.1. The number of rotatable bonds is 4. The van der Waals surface area contributed by atoms with Crippen LogP contribution in [0.3, 0.4) is 0 Å². The highest BCUT2D eigenvalue weighted by Crippen LogP contribution is 2.38. The summed E-state index contributed by atoms with van der Waals surface area (Å²) >= 11 is 2.02. The van der Waals surface area contributed by atoms with Crippen LogP contribution in [-0.4, -0.2) is 46.9 Å². The van der Waals surface area contributed by atoms with E-state index < -0.39 is 0 Å². The second-order valence-corrected chi connectivity index (χ2v) is 7.64. The molecule has 0 aromatic carbocycles. The van der Waals surface area contributed by atoms with Crippen molar-refractivity contribution in [2.45, 2.75) is 32.1 Å². The van der Waals surface area contributed by atoms with E-state index in [1.165, 1.54) is 30.8 Å². The molecular formula is C17H25N3OS. The molecule has 22 heavy (non-hydrogen) atoms. The Morgan fingerprint density at radius 1 is 1.18 bits per heavy atom. The van der Waals surface area contributed by atoms with Gasteiger partial charge in [-0.15, -0.1) is 0 Å². The quantitative estimate of drug-likeness (QED) is 0.926. The molecule has 1 saturated carbocycles. The molecule has 120 valence electrons. The molecule has 0 atom stereocenters. The molecule has 2 fully saturated rings. The van der Waals surface area contributed by atoms with Gasteiger partial charge in [-0.25, -0.2) is 0 Å². The third-order valence-corrected chi connectivity index (χ3v) is 5.80. The monoisotopic (exact) mass is 319 g/mol. The van der Waals surface area contributed by atoms with Crippen LogP contribution in [0.25, 0.3) is 0 Å². The van der Waals surface area contributed by atoms with Crippen molar-refractivity contribution in [1.29, 1.82) is 0 Å². The first-order valence-corrected chi connectivity index (χ1v) is 9.46. The second kappa shape index (κ2) is 7.47. The Balaban J connectivity index is 1.71. The maximum absolute atomic E-state index is 13.0. The molecule has 3 rings (SSSR count). The molecule has 2 heterocycles. The van der Waals surface area contributed by atoms with Crippen LogP contribution in [-0.2, 0) is 4.79 Å². The topological polar surface area (TPSA) is 45.2 Å². The summed E-state index contributed by atoms with van der Waals surface area (Å²) in [5.41, 5.74) is 0.655. The number of aromatic nitrogens is 1. The van der Waals surface area contributed by atoms with Crippen LogP contribution in [0, 0.1) is 5.41 Å². The molecule has 5 heteroatoms. The molecule has 1 aromatic heterocycles. The molecule has 1 aromatic rings. The number of anilines is 1. The Kier molecular flexibility index (Phi) is 5.37. The van der Waals surface area contributed by atoms with E-state index in [2.05, 4.69) is 15.2 Å². The van der Waals surface area contributed by atoms with Crippen LogP contribution in [0.2, 0.25) is 0 Å². The number of nitrogens with zero attached hydrogens (tertiary/aromatic N) is 2. The van der Waals surface area contributed by atoms with E-state index in [1.54, 1.807) is 12.4 Å². The Bertz CT molecular complexity index is 482. The molecule has 0 radical (unpaired) electrons. The highest BCUT2D eigenvalue weighted by Gasteiger charge is 2.41. The van der Waals surface area contributed by atoms with Crippen LogP contribution in [0.1, 0.15) is 32.1 Å². The molecule has 2 aliphatic rings. The van der Waals surface area contributed by atoms with Crippen molar-refractivity contribution in [3.8, 4) is 0 Å². The summed E-state index contributed by atoms with van der Waals surface area (Å²) in [4.78, 5) is 19.5. The van der Waals surface area contributed by atoms with Gasteiger partial charge in [-0.1, -0.05) is 19.3 Å². The van der Waals surface area contributed by atoms with Gasteiger partial charge in [0.2, 0.25) is 5.91 Å². The lowest BCUT2D eigenvalue weighted by Gasteiger charge is -2.40. The Morgan fingerprint density at radius 3 is 2.55 bits per heavy atom. The van der Waals surface area contributed by atoms with E-state index in [0.717, 1.165) is 38.2 Å². The fraction of sp³-hybridized carbons (Fsp3) is 0.647. The van der Waals surface area contributed by atoms with E-state index in [9.17, 15) is 4.79 Å². The van der Waals surface area contributed by atoms with Gasteiger partial charge >= 0.3 is 0 Å². The highest BCUT2D eigenvalue weighted by atomic mass is 32.2. The zero-order chi connectivity index (χ0) is 15.3. The van der Waals surface area contributed by atoms with Crippen LogP contribution in [0.5, 0.6) is 0 Å². The molecule has 1 amide bonds. The first-order chi connectivity index (χ1) is 10.8. The average molecular weight is 319 g/mol. The number of thioether (sulfide) groups is 1. The van der Waals surface area contributed by atoms with Crippen molar-refractivity contribution in [3.05, 3.63) is 24.5 Å². The van der Waals surface area contributed by atoms with Crippen LogP contribution >= 0.6 is 11.8 Å². The summed E-state index contributed by atoms with van der Waals surface area (Å²) in [6.45, 7) is 3.16. The second-order valence-electron chi connectivity index (χ2n) is 6.42. The minimum atomic E-state index is -0.205. The highest BCUT2D eigenvalue weighted by molar-refractivity contribution is 7.99. The summed E-state index contributed by atoms with van der Waals surface area (Å²) in [5, 5.41) is 3.13. The Morgan fingerprint density at radius 2 is 1.86 bits per heavy atom. The van der Waals surface area contributed by atoms with E-state index in [-0.39, 0.29) is 11.3 Å². The summed E-state index contributed by atoms with van der Waals surface area (Å²) in [5.74, 6) is 2.60. The Labute approximate surface area is 137 Å². The molecule has 0 spiro atoms. The maximum Gasteiger partial charge on any atom is 0.231 e. The number of pyridine rings is 1. The predicted molar refractivity (Wildman–Crippen MR) is 92.1 cm³/mol. The summed E-state index contributed by atoms with van der Waals surface area (Å²) in [7, 11) is 0. The molecular weight excluding hydrogens is 294 g/mol. The van der Waals surface area contributed by atoms with Gasteiger partial charge < -0.3 is 10.2 Å². The number of nitrogens with one attached hydrogen (secondary N) is 1. The van der Waals surface area contributed by atoms with E-state index in [0.29, 0.717) is 0 Å². The van der Waals surface area contributed by atoms with Crippen molar-refractivity contribution in [2.24, 2.45) is 5.41 Å². The third-order valence-electron chi connectivity index (χ3n) is 4.86. The number of amides is 1. The SMILES string of the molecule is O=C(Nc1ccncc1)C1(CN2CCSCC2)CCCCC1. The largest absolute Gasteiger partial charge is 0.325 e. The van der Waals surface area contributed by atoms with Gasteiger partial charge in [-0.3, -0.25) is 9.78 Å². The van der Waals surface area contributed by atoms with Crippen molar-refractivity contribution in [1.82, 2.24) is 9.88 Å². The molecule has 1 saturated heterocycles. The molecule has 4 nitrogen and oxygen atoms in total. The molecule has 1 aliphatic heterocycles.